The van der Waals surface area contributed by atoms with Gasteiger partial charge in [-0.05, 0) is 24.3 Å². The van der Waals surface area contributed by atoms with Crippen LogP contribution in [0.3, 0.4) is 0 Å². The van der Waals surface area contributed by atoms with Crippen molar-refractivity contribution in [1.29, 1.82) is 5.41 Å². The van der Waals surface area contributed by atoms with E-state index in [-0.39, 0.29) is 5.96 Å². The maximum Gasteiger partial charge on any atom is 0.190 e. The summed E-state index contributed by atoms with van der Waals surface area (Å²) < 4.78 is 5.30. The predicted molar refractivity (Wildman–Crippen MR) is 65.0 cm³/mol. The van der Waals surface area contributed by atoms with Gasteiger partial charge < -0.3 is 20.7 Å². The van der Waals surface area contributed by atoms with Gasteiger partial charge >= 0.3 is 0 Å². The van der Waals surface area contributed by atoms with Crippen LogP contribution in [-0.2, 0) is 4.74 Å². The largest absolute Gasteiger partial charge is 0.378 e. The van der Waals surface area contributed by atoms with Crippen LogP contribution in [0.2, 0.25) is 0 Å². The van der Waals surface area contributed by atoms with Gasteiger partial charge in [0.25, 0.3) is 0 Å². The summed E-state index contributed by atoms with van der Waals surface area (Å²) in [6, 6.07) is 7.89. The highest BCUT2D eigenvalue weighted by molar-refractivity contribution is 5.89. The van der Waals surface area contributed by atoms with Crippen LogP contribution in [0, 0.1) is 5.41 Å². The second-order valence-corrected chi connectivity index (χ2v) is 3.68. The maximum absolute atomic E-state index is 7.12. The van der Waals surface area contributed by atoms with Gasteiger partial charge in [0.05, 0.1) is 13.2 Å². The van der Waals surface area contributed by atoms with Crippen molar-refractivity contribution in [1.82, 2.24) is 0 Å². The molecule has 0 aliphatic carbocycles. The summed E-state index contributed by atoms with van der Waals surface area (Å²) >= 11 is 0. The fraction of sp³-hybridized carbons (Fsp3) is 0.364. The topological polar surface area (TPSA) is 74.4 Å². The Morgan fingerprint density at radius 1 is 1.25 bits per heavy atom. The molecule has 0 saturated carbocycles. The first kappa shape index (κ1) is 10.8. The Morgan fingerprint density at radius 2 is 1.88 bits per heavy atom. The number of nitrogens with one attached hydrogen (secondary N) is 2. The Balaban J connectivity index is 2.03. The molecule has 4 N–H and O–H groups in total. The lowest BCUT2D eigenvalue weighted by Gasteiger charge is -2.28. The minimum absolute atomic E-state index is 0.0425. The smallest absolute Gasteiger partial charge is 0.190 e. The third-order valence-corrected chi connectivity index (χ3v) is 2.52. The lowest BCUT2D eigenvalue weighted by Crippen LogP contribution is -2.36. The van der Waals surface area contributed by atoms with E-state index in [1.807, 2.05) is 24.3 Å². The summed E-state index contributed by atoms with van der Waals surface area (Å²) in [5, 5.41) is 9.87. The zero-order chi connectivity index (χ0) is 11.4. The van der Waals surface area contributed by atoms with Gasteiger partial charge in [0.15, 0.2) is 5.96 Å². The number of anilines is 2. The van der Waals surface area contributed by atoms with E-state index in [1.54, 1.807) is 0 Å². The number of ether oxygens (including phenoxy) is 1. The molecule has 0 unspecified atom stereocenters. The van der Waals surface area contributed by atoms with Gasteiger partial charge in [-0.3, -0.25) is 5.41 Å². The Hall–Kier alpha value is -1.75. The predicted octanol–water partition coefficient (Wildman–Crippen LogP) is 0.829. The van der Waals surface area contributed by atoms with Crippen LogP contribution in [0.1, 0.15) is 0 Å². The molecule has 1 aromatic carbocycles. The lowest BCUT2D eigenvalue weighted by molar-refractivity contribution is 0.122. The second kappa shape index (κ2) is 4.85. The van der Waals surface area contributed by atoms with Crippen molar-refractivity contribution in [3.05, 3.63) is 24.3 Å². The average molecular weight is 220 g/mol. The van der Waals surface area contributed by atoms with E-state index in [1.165, 1.54) is 5.69 Å². The average Bonchev–Trinajstić information content (AvgIpc) is 2.30. The number of morpholine rings is 1. The highest BCUT2D eigenvalue weighted by atomic mass is 16.5. The minimum atomic E-state index is -0.0425. The van der Waals surface area contributed by atoms with Crippen molar-refractivity contribution in [3.63, 3.8) is 0 Å². The van der Waals surface area contributed by atoms with Crippen LogP contribution >= 0.6 is 0 Å². The lowest BCUT2D eigenvalue weighted by atomic mass is 10.2. The van der Waals surface area contributed by atoms with E-state index in [0.717, 1.165) is 32.0 Å². The van der Waals surface area contributed by atoms with Crippen LogP contribution in [-0.4, -0.2) is 32.3 Å². The molecule has 5 heteroatoms. The number of benzene rings is 1. The van der Waals surface area contributed by atoms with Crippen molar-refractivity contribution in [3.8, 4) is 0 Å². The van der Waals surface area contributed by atoms with Crippen molar-refractivity contribution in [2.45, 2.75) is 0 Å². The molecule has 5 nitrogen and oxygen atoms in total. The Morgan fingerprint density at radius 3 is 2.44 bits per heavy atom. The molecule has 1 aliphatic rings. The first-order valence-corrected chi connectivity index (χ1v) is 5.29. The van der Waals surface area contributed by atoms with Crippen molar-refractivity contribution >= 4 is 17.3 Å². The number of guanidine groups is 1. The van der Waals surface area contributed by atoms with Gasteiger partial charge in [-0.1, -0.05) is 0 Å². The quantitative estimate of drug-likeness (QED) is 0.510. The Kier molecular flexibility index (Phi) is 3.26. The number of hydrogen-bond donors (Lipinski definition) is 3. The van der Waals surface area contributed by atoms with E-state index in [0.29, 0.717) is 0 Å². The summed E-state index contributed by atoms with van der Waals surface area (Å²) in [7, 11) is 0. The van der Waals surface area contributed by atoms with E-state index in [2.05, 4.69) is 10.2 Å². The summed E-state index contributed by atoms with van der Waals surface area (Å²) in [6.07, 6.45) is 0. The Labute approximate surface area is 94.7 Å². The van der Waals surface area contributed by atoms with Gasteiger partial charge in [0.2, 0.25) is 0 Å². The van der Waals surface area contributed by atoms with Gasteiger partial charge in [-0.25, -0.2) is 0 Å². The zero-order valence-corrected chi connectivity index (χ0v) is 9.07. The third kappa shape index (κ3) is 2.64. The molecule has 2 rings (SSSR count). The summed E-state index contributed by atoms with van der Waals surface area (Å²) in [4.78, 5) is 2.28. The summed E-state index contributed by atoms with van der Waals surface area (Å²) in [5.41, 5.74) is 7.27. The van der Waals surface area contributed by atoms with Gasteiger partial charge in [0.1, 0.15) is 0 Å². The molecular weight excluding hydrogens is 204 g/mol. The van der Waals surface area contributed by atoms with Crippen molar-refractivity contribution in [2.75, 3.05) is 36.5 Å². The highest BCUT2D eigenvalue weighted by Crippen LogP contribution is 2.18. The molecule has 1 heterocycles. The summed E-state index contributed by atoms with van der Waals surface area (Å²) in [6.45, 7) is 3.43. The fourth-order valence-corrected chi connectivity index (χ4v) is 1.73. The normalized spacial score (nSPS) is 15.9. The van der Waals surface area contributed by atoms with E-state index < -0.39 is 0 Å². The first-order valence-electron chi connectivity index (χ1n) is 5.29. The molecule has 1 aliphatic heterocycles. The molecule has 0 amide bonds. The van der Waals surface area contributed by atoms with Crippen LogP contribution in [0.5, 0.6) is 0 Å². The van der Waals surface area contributed by atoms with Gasteiger partial charge in [-0.15, -0.1) is 0 Å². The van der Waals surface area contributed by atoms with Crippen LogP contribution in [0.15, 0.2) is 24.3 Å². The fourth-order valence-electron chi connectivity index (χ4n) is 1.73. The molecule has 1 aromatic rings. The molecule has 1 saturated heterocycles. The molecule has 1 fully saturated rings. The van der Waals surface area contributed by atoms with Crippen LogP contribution in [0.25, 0.3) is 0 Å². The minimum Gasteiger partial charge on any atom is -0.378 e. The number of nitrogens with zero attached hydrogens (tertiary/aromatic N) is 1. The van der Waals surface area contributed by atoms with Crippen molar-refractivity contribution < 1.29 is 4.74 Å². The van der Waals surface area contributed by atoms with Gasteiger partial charge in [0, 0.05) is 24.5 Å². The number of nitrogens with two attached hydrogens (primary N) is 1. The number of hydrogen-bond acceptors (Lipinski definition) is 3. The monoisotopic (exact) mass is 220 g/mol. The SMILES string of the molecule is N=C(N)Nc1ccc(N2CCOCC2)cc1. The van der Waals surface area contributed by atoms with E-state index in [9.17, 15) is 0 Å². The van der Waals surface area contributed by atoms with E-state index in [4.69, 9.17) is 15.9 Å². The van der Waals surface area contributed by atoms with E-state index >= 15 is 0 Å². The molecular formula is C11H16N4O. The summed E-state index contributed by atoms with van der Waals surface area (Å²) in [5.74, 6) is -0.0425. The molecule has 16 heavy (non-hydrogen) atoms. The molecule has 0 spiro atoms. The standard InChI is InChI=1S/C11H16N4O/c12-11(13)14-9-1-3-10(4-2-9)15-5-7-16-8-6-15/h1-4H,5-8H2,(H4,12,13,14). The van der Waals surface area contributed by atoms with Crippen LogP contribution < -0.4 is 16.0 Å². The molecule has 0 aromatic heterocycles. The number of rotatable bonds is 2. The molecule has 86 valence electrons. The molecule has 0 bridgehead atoms. The maximum atomic E-state index is 7.12. The third-order valence-electron chi connectivity index (χ3n) is 2.52. The molecule has 0 atom stereocenters. The first-order chi connectivity index (χ1) is 7.75. The Bertz CT molecular complexity index is 357. The van der Waals surface area contributed by atoms with Crippen molar-refractivity contribution in [2.24, 2.45) is 5.73 Å². The van der Waals surface area contributed by atoms with Crippen LogP contribution in [0.4, 0.5) is 11.4 Å². The zero-order valence-electron chi connectivity index (χ0n) is 9.07. The second-order valence-electron chi connectivity index (χ2n) is 3.68. The highest BCUT2D eigenvalue weighted by Gasteiger charge is 2.10. The van der Waals surface area contributed by atoms with Gasteiger partial charge in [-0.2, -0.15) is 0 Å². The molecule has 0 radical (unpaired) electrons.